The van der Waals surface area contributed by atoms with Crippen molar-refractivity contribution >= 4 is 0 Å². The van der Waals surface area contributed by atoms with Crippen LogP contribution in [-0.4, -0.2) is 23.4 Å². The number of aromatic hydroxyl groups is 2. The normalized spacial score (nSPS) is 14.6. The number of phenolic OH excluding ortho intramolecular Hbond substituents is 2. The summed E-state index contributed by atoms with van der Waals surface area (Å²) in [6.45, 7) is 32.8. The van der Waals surface area contributed by atoms with Crippen LogP contribution in [0.15, 0.2) is 48.5 Å². The molecule has 0 unspecified atom stereocenters. The van der Waals surface area contributed by atoms with E-state index >= 15 is 0 Å². The van der Waals surface area contributed by atoms with Crippen molar-refractivity contribution < 1.29 is 19.7 Å². The number of hydrogen-bond donors (Lipinski definition) is 2. The summed E-state index contributed by atoms with van der Waals surface area (Å²) in [5.41, 5.74) is 13.3. The number of ether oxygens (including phenoxy) is 2. The first-order chi connectivity index (χ1) is 27.0. The van der Waals surface area contributed by atoms with Crippen molar-refractivity contribution in [1.29, 1.82) is 0 Å². The van der Waals surface area contributed by atoms with Crippen molar-refractivity contribution in [2.75, 3.05) is 13.2 Å². The summed E-state index contributed by atoms with van der Waals surface area (Å²) in [7, 11) is 0. The lowest BCUT2D eigenvalue weighted by Crippen LogP contribution is -2.16. The molecule has 0 amide bonds. The molecule has 4 aromatic carbocycles. The molecule has 0 radical (unpaired) electrons. The zero-order chi connectivity index (χ0) is 42.8. The van der Waals surface area contributed by atoms with E-state index in [1.54, 1.807) is 0 Å². The summed E-state index contributed by atoms with van der Waals surface area (Å²) in [5.74, 6) is 2.71. The fourth-order valence-electron chi connectivity index (χ4n) is 8.17. The molecular formula is C54H76O4. The number of phenols is 2. The van der Waals surface area contributed by atoms with Gasteiger partial charge < -0.3 is 19.7 Å². The molecule has 0 atom stereocenters. The zero-order valence-corrected chi connectivity index (χ0v) is 38.8. The average Bonchev–Trinajstić information content (AvgIpc) is 3.11. The van der Waals surface area contributed by atoms with Crippen LogP contribution >= 0.6 is 0 Å². The fraction of sp³-hybridized carbons (Fsp3) is 0.556. The minimum atomic E-state index is -0.0870. The molecule has 0 fully saturated rings. The summed E-state index contributed by atoms with van der Waals surface area (Å²) in [5, 5.41) is 24.4. The molecule has 2 N–H and O–H groups in total. The van der Waals surface area contributed by atoms with Crippen LogP contribution in [0.3, 0.4) is 0 Å². The molecule has 4 aromatic rings. The molecule has 1 aliphatic carbocycles. The number of hydrogen-bond acceptors (Lipinski definition) is 4. The van der Waals surface area contributed by atoms with Gasteiger partial charge in [0.05, 0.1) is 13.2 Å². The van der Waals surface area contributed by atoms with Crippen molar-refractivity contribution in [3.63, 3.8) is 0 Å². The van der Waals surface area contributed by atoms with Crippen LogP contribution in [0, 0.1) is 0 Å². The highest BCUT2D eigenvalue weighted by Gasteiger charge is 2.26. The molecule has 0 saturated heterocycles. The average molecular weight is 789 g/mol. The van der Waals surface area contributed by atoms with Gasteiger partial charge in [0.1, 0.15) is 23.0 Å². The molecule has 4 heteroatoms. The Balaban J connectivity index is 1.78. The molecule has 5 rings (SSSR count). The van der Waals surface area contributed by atoms with E-state index in [4.69, 9.17) is 9.47 Å². The minimum Gasteiger partial charge on any atom is -0.507 e. The van der Waals surface area contributed by atoms with Crippen LogP contribution in [-0.2, 0) is 60.2 Å². The Kier molecular flexibility index (Phi) is 13.8. The Labute approximate surface area is 352 Å². The van der Waals surface area contributed by atoms with Gasteiger partial charge in [0, 0.05) is 12.8 Å². The Morgan fingerprint density at radius 3 is 0.948 bits per heavy atom. The van der Waals surface area contributed by atoms with E-state index in [1.165, 1.54) is 33.4 Å². The number of aryl methyl sites for hydroxylation is 4. The van der Waals surface area contributed by atoms with Gasteiger partial charge in [0.25, 0.3) is 0 Å². The Morgan fingerprint density at radius 1 is 0.397 bits per heavy atom. The molecule has 1 aliphatic rings. The third-order valence-electron chi connectivity index (χ3n) is 11.9. The summed E-state index contributed by atoms with van der Waals surface area (Å²) >= 11 is 0. The third-order valence-corrected chi connectivity index (χ3v) is 11.9. The van der Waals surface area contributed by atoms with Crippen LogP contribution in [0.5, 0.6) is 23.0 Å². The first-order valence-corrected chi connectivity index (χ1v) is 22.3. The molecule has 316 valence electrons. The Bertz CT molecular complexity index is 1910. The second-order valence-electron chi connectivity index (χ2n) is 21.3. The Morgan fingerprint density at radius 2 is 0.655 bits per heavy atom. The van der Waals surface area contributed by atoms with Crippen molar-refractivity contribution in [2.24, 2.45) is 0 Å². The van der Waals surface area contributed by atoms with Crippen molar-refractivity contribution in [1.82, 2.24) is 0 Å². The van der Waals surface area contributed by atoms with Crippen LogP contribution in [0.4, 0.5) is 0 Å². The highest BCUT2D eigenvalue weighted by Crippen LogP contribution is 2.41. The maximum absolute atomic E-state index is 12.2. The lowest BCUT2D eigenvalue weighted by molar-refractivity contribution is 0.310. The summed E-state index contributed by atoms with van der Waals surface area (Å²) in [4.78, 5) is 0. The second-order valence-corrected chi connectivity index (χ2v) is 21.3. The standard InChI is InChI=1S/C54H76O4/c1-15-23-57-49-37-21-17-19-35-27-44(52(6,7)8)32-40(48(35)56)26-42-34-46(54(12,13)14)30-38(50(42)58-24-16-2)22-18-20-36-28-43(51(3,4)5)31-39(47(36)55)25-41(49)33-45(29-37)53(9,10)11/h27-34,55-56H,15-26H2,1-14H3. The molecule has 0 aliphatic heterocycles. The summed E-state index contributed by atoms with van der Waals surface area (Å²) in [6.07, 6.45) is 7.84. The second kappa shape index (κ2) is 17.7. The van der Waals surface area contributed by atoms with Gasteiger partial charge in [-0.2, -0.15) is 0 Å². The number of fused-ring (bicyclic) bond motifs is 8. The minimum absolute atomic E-state index is 0.0718. The largest absolute Gasteiger partial charge is 0.507 e. The topological polar surface area (TPSA) is 58.9 Å². The van der Waals surface area contributed by atoms with Gasteiger partial charge in [0.2, 0.25) is 0 Å². The maximum atomic E-state index is 12.2. The van der Waals surface area contributed by atoms with Gasteiger partial charge >= 0.3 is 0 Å². The summed E-state index contributed by atoms with van der Waals surface area (Å²) < 4.78 is 13.4. The SMILES string of the molecule is CCCOc1c2cc(C(C)(C)C)cc1Cc1cc(C(C)(C)C)cc(c1O)CCCc1cc(C(C)(C)C)cc(c1OCCC)Cc1cc(C(C)(C)C)cc(c1O)CCC2. The molecule has 0 saturated carbocycles. The van der Waals surface area contributed by atoms with E-state index in [0.29, 0.717) is 37.6 Å². The highest BCUT2D eigenvalue weighted by atomic mass is 16.5. The lowest BCUT2D eigenvalue weighted by atomic mass is 9.80. The van der Waals surface area contributed by atoms with Crippen LogP contribution in [0.1, 0.15) is 189 Å². The van der Waals surface area contributed by atoms with Crippen LogP contribution in [0.25, 0.3) is 0 Å². The fourth-order valence-corrected chi connectivity index (χ4v) is 8.17. The molecular weight excluding hydrogens is 713 g/mol. The van der Waals surface area contributed by atoms with Gasteiger partial charge in [-0.15, -0.1) is 0 Å². The first-order valence-electron chi connectivity index (χ1n) is 22.3. The van der Waals surface area contributed by atoms with Crippen molar-refractivity contribution in [2.45, 2.75) is 183 Å². The first kappa shape index (κ1) is 45.2. The number of rotatable bonds is 6. The van der Waals surface area contributed by atoms with Gasteiger partial charge in [-0.25, -0.2) is 0 Å². The molecule has 58 heavy (non-hydrogen) atoms. The van der Waals surface area contributed by atoms with E-state index in [1.807, 2.05) is 0 Å². The van der Waals surface area contributed by atoms with Crippen LogP contribution in [0.2, 0.25) is 0 Å². The maximum Gasteiger partial charge on any atom is 0.126 e. The van der Waals surface area contributed by atoms with Crippen molar-refractivity contribution in [3.8, 4) is 23.0 Å². The molecule has 4 nitrogen and oxygen atoms in total. The summed E-state index contributed by atoms with van der Waals surface area (Å²) in [6, 6.07) is 18.3. The van der Waals surface area contributed by atoms with Crippen molar-refractivity contribution in [3.05, 3.63) is 115 Å². The van der Waals surface area contributed by atoms with E-state index in [2.05, 4.69) is 145 Å². The van der Waals surface area contributed by atoms with E-state index in [9.17, 15) is 10.2 Å². The van der Waals surface area contributed by atoms with Gasteiger partial charge in [-0.3, -0.25) is 0 Å². The van der Waals surface area contributed by atoms with E-state index in [0.717, 1.165) is 96.2 Å². The number of benzene rings is 4. The van der Waals surface area contributed by atoms with E-state index in [-0.39, 0.29) is 21.7 Å². The van der Waals surface area contributed by atoms with Gasteiger partial charge in [-0.05, 0) is 140 Å². The Hall–Kier alpha value is -3.92. The lowest BCUT2D eigenvalue weighted by Gasteiger charge is -2.27. The predicted octanol–water partition coefficient (Wildman–Crippen LogP) is 13.7. The zero-order valence-electron chi connectivity index (χ0n) is 38.8. The monoisotopic (exact) mass is 789 g/mol. The third kappa shape index (κ3) is 10.8. The van der Waals surface area contributed by atoms with Gasteiger partial charge in [-0.1, -0.05) is 145 Å². The quantitative estimate of drug-likeness (QED) is 0.204. The smallest absolute Gasteiger partial charge is 0.126 e. The van der Waals surface area contributed by atoms with Crippen LogP contribution < -0.4 is 9.47 Å². The van der Waals surface area contributed by atoms with Gasteiger partial charge in [0.15, 0.2) is 0 Å². The highest BCUT2D eigenvalue weighted by molar-refractivity contribution is 5.55. The molecule has 8 bridgehead atoms. The van der Waals surface area contributed by atoms with E-state index < -0.39 is 0 Å². The molecule has 0 spiro atoms. The molecule has 0 aromatic heterocycles. The molecule has 0 heterocycles. The predicted molar refractivity (Wildman–Crippen MR) is 245 cm³/mol.